The van der Waals surface area contributed by atoms with Crippen molar-refractivity contribution >= 4 is 12.4 Å². The highest BCUT2D eigenvalue weighted by Crippen LogP contribution is 2.14. The predicted octanol–water partition coefficient (Wildman–Crippen LogP) is 8.40. The van der Waals surface area contributed by atoms with Crippen molar-refractivity contribution in [1.29, 1.82) is 0 Å². The van der Waals surface area contributed by atoms with Crippen LogP contribution in [0.4, 0.5) is 0 Å². The second-order valence-corrected chi connectivity index (χ2v) is 7.91. The fraction of sp³-hybridized carbons (Fsp3) is 1.00. The van der Waals surface area contributed by atoms with Crippen LogP contribution >= 0.6 is 12.4 Å². The number of rotatable bonds is 20. The number of hydrogen-bond acceptors (Lipinski definition) is 1. The van der Waals surface area contributed by atoms with Gasteiger partial charge in [0.2, 0.25) is 0 Å². The molecule has 0 aliphatic carbocycles. The minimum atomic E-state index is 0. The summed E-state index contributed by atoms with van der Waals surface area (Å²) >= 11 is 0. The summed E-state index contributed by atoms with van der Waals surface area (Å²) in [7, 11) is 2.23. The van der Waals surface area contributed by atoms with Crippen LogP contribution in [-0.4, -0.2) is 25.0 Å². The Hall–Kier alpha value is 0.250. The predicted molar refractivity (Wildman–Crippen MR) is 119 cm³/mol. The van der Waals surface area contributed by atoms with E-state index in [1.54, 1.807) is 0 Å². The lowest BCUT2D eigenvalue weighted by Gasteiger charge is -2.12. The number of halogens is 1. The molecule has 0 fully saturated rings. The maximum Gasteiger partial charge on any atom is -0.00219 e. The van der Waals surface area contributed by atoms with Crippen LogP contribution in [0.3, 0.4) is 0 Å². The van der Waals surface area contributed by atoms with Gasteiger partial charge >= 0.3 is 0 Å². The molecule has 0 aromatic heterocycles. The molecule has 0 amide bonds. The third-order valence-corrected chi connectivity index (χ3v) is 5.43. The molecule has 0 spiro atoms. The summed E-state index contributed by atoms with van der Waals surface area (Å²) < 4.78 is 0. The highest BCUT2D eigenvalue weighted by molar-refractivity contribution is 5.85. The van der Waals surface area contributed by atoms with Gasteiger partial charge < -0.3 is 4.90 Å². The molecule has 25 heavy (non-hydrogen) atoms. The van der Waals surface area contributed by atoms with Gasteiger partial charge in [-0.05, 0) is 26.6 Å². The van der Waals surface area contributed by atoms with Crippen molar-refractivity contribution in [1.82, 2.24) is 4.90 Å². The monoisotopic (exact) mass is 375 g/mol. The van der Waals surface area contributed by atoms with E-state index in [1.165, 1.54) is 129 Å². The maximum atomic E-state index is 2.42. The molecule has 0 aliphatic rings. The van der Waals surface area contributed by atoms with E-state index < -0.39 is 0 Å². The van der Waals surface area contributed by atoms with Crippen LogP contribution in [-0.2, 0) is 0 Å². The lowest BCUT2D eigenvalue weighted by Crippen LogP contribution is -2.18. The van der Waals surface area contributed by atoms with Crippen molar-refractivity contribution in [2.45, 2.75) is 129 Å². The first-order valence-electron chi connectivity index (χ1n) is 11.5. The standard InChI is InChI=1S/C23H49N.ClH/c1-4-6-7-8-9-10-11-12-13-14-15-16-17-18-19-20-21-22-23-24(3)5-2;/h4-23H2,1-3H3;1H. The van der Waals surface area contributed by atoms with Gasteiger partial charge in [-0.3, -0.25) is 0 Å². The van der Waals surface area contributed by atoms with Gasteiger partial charge in [0.25, 0.3) is 0 Å². The quantitative estimate of drug-likeness (QED) is 0.193. The zero-order valence-electron chi connectivity index (χ0n) is 18.0. The molecule has 0 aromatic rings. The second kappa shape index (κ2) is 24.2. The normalized spacial score (nSPS) is 11.0. The average molecular weight is 376 g/mol. The third-order valence-electron chi connectivity index (χ3n) is 5.43. The first-order chi connectivity index (χ1) is 11.8. The highest BCUT2D eigenvalue weighted by Gasteiger charge is 1.96. The molecule has 0 saturated heterocycles. The van der Waals surface area contributed by atoms with Crippen molar-refractivity contribution in [3.63, 3.8) is 0 Å². The van der Waals surface area contributed by atoms with Crippen LogP contribution < -0.4 is 0 Å². The van der Waals surface area contributed by atoms with Gasteiger partial charge in [-0.2, -0.15) is 0 Å². The van der Waals surface area contributed by atoms with Gasteiger partial charge in [0.1, 0.15) is 0 Å². The van der Waals surface area contributed by atoms with E-state index in [0.717, 1.165) is 0 Å². The van der Waals surface area contributed by atoms with Crippen LogP contribution in [0.25, 0.3) is 0 Å². The molecule has 0 rings (SSSR count). The zero-order valence-corrected chi connectivity index (χ0v) is 18.8. The van der Waals surface area contributed by atoms with Crippen LogP contribution in [0.2, 0.25) is 0 Å². The van der Waals surface area contributed by atoms with Crippen molar-refractivity contribution in [3.05, 3.63) is 0 Å². The van der Waals surface area contributed by atoms with E-state index in [1.807, 2.05) is 0 Å². The van der Waals surface area contributed by atoms with Gasteiger partial charge in [-0.1, -0.05) is 123 Å². The Bertz CT molecular complexity index is 220. The zero-order chi connectivity index (χ0) is 17.7. The molecule has 0 aliphatic heterocycles. The average Bonchev–Trinajstić information content (AvgIpc) is 2.60. The van der Waals surface area contributed by atoms with E-state index in [-0.39, 0.29) is 12.4 Å². The van der Waals surface area contributed by atoms with E-state index in [9.17, 15) is 0 Å². The molecule has 154 valence electrons. The minimum Gasteiger partial charge on any atom is -0.307 e. The Morgan fingerprint density at radius 3 is 1.00 bits per heavy atom. The van der Waals surface area contributed by atoms with Gasteiger partial charge in [-0.15, -0.1) is 12.4 Å². The fourth-order valence-electron chi connectivity index (χ4n) is 3.44. The second-order valence-electron chi connectivity index (χ2n) is 7.91. The van der Waals surface area contributed by atoms with Crippen molar-refractivity contribution in [2.24, 2.45) is 0 Å². The molecule has 1 nitrogen and oxygen atoms in total. The molecule has 0 unspecified atom stereocenters. The number of hydrogen-bond donors (Lipinski definition) is 0. The Labute approximate surface area is 167 Å². The Morgan fingerprint density at radius 2 is 0.720 bits per heavy atom. The summed E-state index contributed by atoms with van der Waals surface area (Å²) in [5, 5.41) is 0. The molecule has 0 saturated carbocycles. The summed E-state index contributed by atoms with van der Waals surface area (Å²) in [6, 6.07) is 0. The van der Waals surface area contributed by atoms with E-state index in [2.05, 4.69) is 25.8 Å². The van der Waals surface area contributed by atoms with Gasteiger partial charge in [0.15, 0.2) is 0 Å². The van der Waals surface area contributed by atoms with Gasteiger partial charge in [-0.25, -0.2) is 0 Å². The molecular formula is C23H50ClN. The van der Waals surface area contributed by atoms with Crippen molar-refractivity contribution in [2.75, 3.05) is 20.1 Å². The lowest BCUT2D eigenvalue weighted by molar-refractivity contribution is 0.340. The molecule has 0 radical (unpaired) electrons. The smallest absolute Gasteiger partial charge is 0.00219 e. The first kappa shape index (κ1) is 27.5. The summed E-state index contributed by atoms with van der Waals surface area (Å²) in [6.07, 6.45) is 26.3. The Balaban J connectivity index is 0. The topological polar surface area (TPSA) is 3.24 Å². The SMILES string of the molecule is CCCCCCCCCCCCCCCCCCCCN(C)CC.Cl. The van der Waals surface area contributed by atoms with E-state index in [4.69, 9.17) is 0 Å². The van der Waals surface area contributed by atoms with Crippen LogP contribution in [0, 0.1) is 0 Å². The van der Waals surface area contributed by atoms with Gasteiger partial charge in [0, 0.05) is 0 Å². The van der Waals surface area contributed by atoms with E-state index in [0.29, 0.717) is 0 Å². The van der Waals surface area contributed by atoms with E-state index >= 15 is 0 Å². The minimum absolute atomic E-state index is 0. The molecule has 0 N–H and O–H groups in total. The molecule has 0 bridgehead atoms. The summed E-state index contributed by atoms with van der Waals surface area (Å²) in [5.41, 5.74) is 0. The molecule has 0 aromatic carbocycles. The Morgan fingerprint density at radius 1 is 0.440 bits per heavy atom. The first-order valence-corrected chi connectivity index (χ1v) is 11.5. The molecule has 0 heterocycles. The van der Waals surface area contributed by atoms with Crippen molar-refractivity contribution < 1.29 is 0 Å². The summed E-state index contributed by atoms with van der Waals surface area (Å²) in [6.45, 7) is 7.02. The van der Waals surface area contributed by atoms with Crippen LogP contribution in [0.1, 0.15) is 129 Å². The number of unbranched alkanes of at least 4 members (excludes halogenated alkanes) is 17. The lowest BCUT2D eigenvalue weighted by atomic mass is 10.0. The maximum absolute atomic E-state index is 2.42. The van der Waals surface area contributed by atoms with Gasteiger partial charge in [0.05, 0.1) is 0 Å². The third kappa shape index (κ3) is 24.2. The molecule has 0 atom stereocenters. The fourth-order valence-corrected chi connectivity index (χ4v) is 3.44. The molecule has 2 heteroatoms. The van der Waals surface area contributed by atoms with Crippen LogP contribution in [0.15, 0.2) is 0 Å². The van der Waals surface area contributed by atoms with Crippen molar-refractivity contribution in [3.8, 4) is 0 Å². The summed E-state index contributed by atoms with van der Waals surface area (Å²) in [4.78, 5) is 2.42. The highest BCUT2D eigenvalue weighted by atomic mass is 35.5. The Kier molecular flexibility index (Phi) is 26.6. The number of nitrogens with zero attached hydrogens (tertiary/aromatic N) is 1. The molecular weight excluding hydrogens is 326 g/mol. The van der Waals surface area contributed by atoms with Crippen LogP contribution in [0.5, 0.6) is 0 Å². The largest absolute Gasteiger partial charge is 0.307 e. The summed E-state index contributed by atoms with van der Waals surface area (Å²) in [5.74, 6) is 0.